The average molecular weight is 314 g/mol. The van der Waals surface area contributed by atoms with Crippen LogP contribution in [-0.4, -0.2) is 70.3 Å². The van der Waals surface area contributed by atoms with Gasteiger partial charge in [0.05, 0.1) is 12.2 Å². The van der Waals surface area contributed by atoms with Gasteiger partial charge in [-0.15, -0.1) is 0 Å². The molecule has 1 N–H and O–H groups in total. The van der Waals surface area contributed by atoms with Crippen molar-refractivity contribution in [2.45, 2.75) is 71.6 Å². The van der Waals surface area contributed by atoms with Crippen LogP contribution in [0.1, 0.15) is 54.9 Å². The molecule has 5 heteroatoms. The summed E-state index contributed by atoms with van der Waals surface area (Å²) in [4.78, 5) is 16.9. The van der Waals surface area contributed by atoms with Crippen molar-refractivity contribution < 1.29 is 14.6 Å². The van der Waals surface area contributed by atoms with Crippen LogP contribution >= 0.6 is 0 Å². The largest absolute Gasteiger partial charge is 0.390 e. The summed E-state index contributed by atoms with van der Waals surface area (Å²) in [6.07, 6.45) is 0.515. The van der Waals surface area contributed by atoms with E-state index in [2.05, 4.69) is 25.7 Å². The van der Waals surface area contributed by atoms with Crippen LogP contribution in [0, 0.1) is 0 Å². The molecule has 1 heterocycles. The zero-order valence-electron chi connectivity index (χ0n) is 15.4. The van der Waals surface area contributed by atoms with Crippen LogP contribution in [0.2, 0.25) is 0 Å². The van der Waals surface area contributed by atoms with E-state index >= 15 is 0 Å². The van der Waals surface area contributed by atoms with E-state index in [0.717, 1.165) is 26.2 Å². The number of carbonyl (C=O) groups is 1. The summed E-state index contributed by atoms with van der Waals surface area (Å²) in [5, 5.41) is 9.73. The predicted molar refractivity (Wildman–Crippen MR) is 88.9 cm³/mol. The highest BCUT2D eigenvalue weighted by Crippen LogP contribution is 2.20. The molecule has 22 heavy (non-hydrogen) atoms. The number of carbonyl (C=O) groups excluding carboxylic acids is 1. The zero-order valence-corrected chi connectivity index (χ0v) is 15.4. The Balaban J connectivity index is 2.50. The first-order chi connectivity index (χ1) is 9.83. The van der Waals surface area contributed by atoms with Gasteiger partial charge in [-0.05, 0) is 54.9 Å². The van der Waals surface area contributed by atoms with Crippen molar-refractivity contribution in [1.29, 1.82) is 0 Å². The summed E-state index contributed by atoms with van der Waals surface area (Å²) in [5.74, 6) is 0.0387. The van der Waals surface area contributed by atoms with Gasteiger partial charge in [0.1, 0.15) is 5.60 Å². The quantitative estimate of drug-likeness (QED) is 0.842. The maximum absolute atomic E-state index is 12.7. The minimum Gasteiger partial charge on any atom is -0.390 e. The molecular formula is C17H34N2O3. The Hall–Kier alpha value is -0.650. The summed E-state index contributed by atoms with van der Waals surface area (Å²) < 4.78 is 5.75. The van der Waals surface area contributed by atoms with Crippen molar-refractivity contribution in [2.24, 2.45) is 0 Å². The molecule has 130 valence electrons. The summed E-state index contributed by atoms with van der Waals surface area (Å²) in [5.41, 5.74) is -1.46. The first-order valence-corrected chi connectivity index (χ1v) is 8.24. The van der Waals surface area contributed by atoms with Gasteiger partial charge in [0.2, 0.25) is 0 Å². The molecule has 1 saturated heterocycles. The lowest BCUT2D eigenvalue weighted by atomic mass is 10.0. The van der Waals surface area contributed by atoms with E-state index < -0.39 is 11.2 Å². The van der Waals surface area contributed by atoms with Crippen LogP contribution < -0.4 is 0 Å². The molecule has 1 aliphatic rings. The molecule has 1 fully saturated rings. The normalized spacial score (nSPS) is 18.6. The number of hydrogen-bond donors (Lipinski definition) is 1. The lowest BCUT2D eigenvalue weighted by Gasteiger charge is -2.43. The highest BCUT2D eigenvalue weighted by Gasteiger charge is 2.36. The fourth-order valence-corrected chi connectivity index (χ4v) is 2.58. The Labute approximate surface area is 135 Å². The highest BCUT2D eigenvalue weighted by atomic mass is 16.5. The molecule has 1 amide bonds. The standard InChI is InChI=1S/C17H34N2O3/c1-15(2,3)19-11-9-18(10-12-19)14(20)17(6,7)22-13-8-16(4,5)21/h21H,8-13H2,1-7H3. The molecule has 0 saturated carbocycles. The molecule has 1 aliphatic heterocycles. The Kier molecular flexibility index (Phi) is 6.04. The van der Waals surface area contributed by atoms with Crippen molar-refractivity contribution in [3.05, 3.63) is 0 Å². The van der Waals surface area contributed by atoms with Gasteiger partial charge in [0.25, 0.3) is 5.91 Å². The third-order valence-electron chi connectivity index (χ3n) is 4.21. The van der Waals surface area contributed by atoms with E-state index in [4.69, 9.17) is 4.74 Å². The van der Waals surface area contributed by atoms with Crippen molar-refractivity contribution in [1.82, 2.24) is 9.80 Å². The monoisotopic (exact) mass is 314 g/mol. The molecule has 0 aliphatic carbocycles. The van der Waals surface area contributed by atoms with E-state index in [1.807, 2.05) is 18.7 Å². The third-order valence-corrected chi connectivity index (χ3v) is 4.21. The van der Waals surface area contributed by atoms with Gasteiger partial charge in [-0.3, -0.25) is 9.69 Å². The number of rotatable bonds is 5. The van der Waals surface area contributed by atoms with E-state index in [1.54, 1.807) is 13.8 Å². The van der Waals surface area contributed by atoms with Gasteiger partial charge in [0.15, 0.2) is 0 Å². The third kappa shape index (κ3) is 5.86. The topological polar surface area (TPSA) is 53.0 Å². The van der Waals surface area contributed by atoms with Crippen molar-refractivity contribution in [2.75, 3.05) is 32.8 Å². The van der Waals surface area contributed by atoms with E-state index in [1.165, 1.54) is 0 Å². The fraction of sp³-hybridized carbons (Fsp3) is 0.941. The van der Waals surface area contributed by atoms with Crippen molar-refractivity contribution >= 4 is 5.91 Å². The lowest BCUT2D eigenvalue weighted by Crippen LogP contribution is -2.58. The Bertz CT molecular complexity index is 372. The number of hydrogen-bond acceptors (Lipinski definition) is 4. The minimum absolute atomic E-state index is 0.0387. The second-order valence-electron chi connectivity index (χ2n) is 8.37. The SMILES string of the molecule is CC(C)(O)CCOC(C)(C)C(=O)N1CCN(C(C)(C)C)CC1. The molecular weight excluding hydrogens is 280 g/mol. The van der Waals surface area contributed by atoms with Crippen LogP contribution in [0.5, 0.6) is 0 Å². The minimum atomic E-state index is -0.838. The average Bonchev–Trinajstić information content (AvgIpc) is 2.35. The molecule has 0 aromatic carbocycles. The van der Waals surface area contributed by atoms with Gasteiger partial charge < -0.3 is 14.7 Å². The fourth-order valence-electron chi connectivity index (χ4n) is 2.58. The van der Waals surface area contributed by atoms with Crippen LogP contribution in [0.4, 0.5) is 0 Å². The summed E-state index contributed by atoms with van der Waals surface area (Å²) in [7, 11) is 0. The van der Waals surface area contributed by atoms with Crippen LogP contribution in [0.15, 0.2) is 0 Å². The Morgan fingerprint density at radius 1 is 1.00 bits per heavy atom. The van der Waals surface area contributed by atoms with Gasteiger partial charge >= 0.3 is 0 Å². The van der Waals surface area contributed by atoms with Crippen LogP contribution in [-0.2, 0) is 9.53 Å². The van der Waals surface area contributed by atoms with Crippen LogP contribution in [0.25, 0.3) is 0 Å². The van der Waals surface area contributed by atoms with E-state index in [9.17, 15) is 9.90 Å². The molecule has 1 rings (SSSR count). The number of aliphatic hydroxyl groups is 1. The first-order valence-electron chi connectivity index (χ1n) is 8.24. The molecule has 0 unspecified atom stereocenters. The maximum atomic E-state index is 12.7. The molecule has 0 atom stereocenters. The van der Waals surface area contributed by atoms with Gasteiger partial charge in [-0.1, -0.05) is 0 Å². The van der Waals surface area contributed by atoms with Crippen molar-refractivity contribution in [3.63, 3.8) is 0 Å². The Morgan fingerprint density at radius 3 is 1.91 bits per heavy atom. The second kappa shape index (κ2) is 6.85. The van der Waals surface area contributed by atoms with Gasteiger partial charge in [-0.2, -0.15) is 0 Å². The number of piperazine rings is 1. The predicted octanol–water partition coefficient (Wildman–Crippen LogP) is 1.89. The summed E-state index contributed by atoms with van der Waals surface area (Å²) >= 11 is 0. The maximum Gasteiger partial charge on any atom is 0.254 e. The highest BCUT2D eigenvalue weighted by molar-refractivity contribution is 5.84. The molecule has 0 aromatic heterocycles. The van der Waals surface area contributed by atoms with E-state index in [0.29, 0.717) is 13.0 Å². The molecule has 0 bridgehead atoms. The van der Waals surface area contributed by atoms with Crippen molar-refractivity contribution in [3.8, 4) is 0 Å². The van der Waals surface area contributed by atoms with Gasteiger partial charge in [-0.25, -0.2) is 0 Å². The molecule has 0 aromatic rings. The van der Waals surface area contributed by atoms with Gasteiger partial charge in [0, 0.05) is 31.7 Å². The number of amides is 1. The van der Waals surface area contributed by atoms with E-state index in [-0.39, 0.29) is 11.4 Å². The molecule has 5 nitrogen and oxygen atoms in total. The Morgan fingerprint density at radius 2 is 1.50 bits per heavy atom. The summed E-state index contributed by atoms with van der Waals surface area (Å²) in [6, 6.07) is 0. The number of ether oxygens (including phenoxy) is 1. The lowest BCUT2D eigenvalue weighted by molar-refractivity contribution is -0.158. The smallest absolute Gasteiger partial charge is 0.254 e. The second-order valence-corrected chi connectivity index (χ2v) is 8.37. The first kappa shape index (κ1) is 19.4. The number of nitrogens with zero attached hydrogens (tertiary/aromatic N) is 2. The molecule has 0 spiro atoms. The van der Waals surface area contributed by atoms with Crippen LogP contribution in [0.3, 0.4) is 0 Å². The summed E-state index contributed by atoms with van der Waals surface area (Å²) in [6.45, 7) is 17.4. The molecule has 0 radical (unpaired) electrons. The zero-order chi connectivity index (χ0) is 17.2.